The highest BCUT2D eigenvalue weighted by Crippen LogP contribution is 2.17. The van der Waals surface area contributed by atoms with E-state index in [1.54, 1.807) is 24.3 Å². The number of para-hydroxylation sites is 1. The number of carbonyl (C=O) groups excluding carboxylic acids is 3. The topological polar surface area (TPSA) is 117 Å². The molecule has 0 saturated carbocycles. The van der Waals surface area contributed by atoms with Crippen LogP contribution >= 0.6 is 11.6 Å². The smallest absolute Gasteiger partial charge is 0.251 e. The van der Waals surface area contributed by atoms with Crippen LogP contribution in [0.15, 0.2) is 54.7 Å². The standard InChI is InChI=1S/C22H23ClN4O3/c23-16-7-5-14(6-8-16)21(29)27-19(9-10-20(24)28)22(30)25-12-11-15-13-26-18-4-2-1-3-17(15)18/h1-8,13,19,26H,9-12H2,(H2,24,28)(H,25,30)(H,27,29)/t19-/m0/s1. The lowest BCUT2D eigenvalue weighted by atomic mass is 10.1. The number of hydrogen-bond donors (Lipinski definition) is 4. The van der Waals surface area contributed by atoms with Gasteiger partial charge in [0.1, 0.15) is 6.04 Å². The van der Waals surface area contributed by atoms with Crippen molar-refractivity contribution < 1.29 is 14.4 Å². The van der Waals surface area contributed by atoms with Crippen LogP contribution in [0.5, 0.6) is 0 Å². The monoisotopic (exact) mass is 426 g/mol. The van der Waals surface area contributed by atoms with Crippen LogP contribution in [0.1, 0.15) is 28.8 Å². The van der Waals surface area contributed by atoms with Crippen LogP contribution in [0.2, 0.25) is 5.02 Å². The number of nitrogens with one attached hydrogen (secondary N) is 3. The minimum absolute atomic E-state index is 0.0125. The van der Waals surface area contributed by atoms with Crippen LogP contribution in [0, 0.1) is 0 Å². The van der Waals surface area contributed by atoms with Gasteiger partial charge in [-0.05, 0) is 48.7 Å². The van der Waals surface area contributed by atoms with Crippen molar-refractivity contribution in [1.82, 2.24) is 15.6 Å². The second-order valence-electron chi connectivity index (χ2n) is 6.94. The molecule has 30 heavy (non-hydrogen) atoms. The summed E-state index contributed by atoms with van der Waals surface area (Å²) >= 11 is 5.84. The normalized spacial score (nSPS) is 11.8. The number of rotatable bonds is 9. The molecule has 0 radical (unpaired) electrons. The number of primary amides is 1. The summed E-state index contributed by atoms with van der Waals surface area (Å²) in [6.07, 6.45) is 2.65. The fraction of sp³-hybridized carbons (Fsp3) is 0.227. The molecule has 3 aromatic rings. The van der Waals surface area contributed by atoms with Gasteiger partial charge in [0.2, 0.25) is 11.8 Å². The number of carbonyl (C=O) groups is 3. The first-order chi connectivity index (χ1) is 14.4. The number of nitrogens with two attached hydrogens (primary N) is 1. The lowest BCUT2D eigenvalue weighted by Crippen LogP contribution is -2.47. The highest BCUT2D eigenvalue weighted by molar-refractivity contribution is 6.30. The highest BCUT2D eigenvalue weighted by Gasteiger charge is 2.22. The van der Waals surface area contributed by atoms with E-state index in [-0.39, 0.29) is 18.7 Å². The molecule has 0 aliphatic heterocycles. The predicted octanol–water partition coefficient (Wildman–Crippen LogP) is 2.54. The van der Waals surface area contributed by atoms with Gasteiger partial charge in [0, 0.05) is 40.7 Å². The summed E-state index contributed by atoms with van der Waals surface area (Å²) in [6, 6.07) is 13.4. The van der Waals surface area contributed by atoms with Crippen molar-refractivity contribution in [2.45, 2.75) is 25.3 Å². The average molecular weight is 427 g/mol. The maximum atomic E-state index is 12.7. The molecule has 5 N–H and O–H groups in total. The second-order valence-corrected chi connectivity index (χ2v) is 7.37. The SMILES string of the molecule is NC(=O)CC[C@H](NC(=O)c1ccc(Cl)cc1)C(=O)NCCc1c[nH]c2ccccc12. The van der Waals surface area contributed by atoms with Crippen LogP contribution in [0.4, 0.5) is 0 Å². The number of benzene rings is 2. The molecule has 156 valence electrons. The summed E-state index contributed by atoms with van der Waals surface area (Å²) < 4.78 is 0. The highest BCUT2D eigenvalue weighted by atomic mass is 35.5. The molecule has 8 heteroatoms. The van der Waals surface area contributed by atoms with Gasteiger partial charge in [0.15, 0.2) is 0 Å². The summed E-state index contributed by atoms with van der Waals surface area (Å²) in [5.74, 6) is -1.32. The molecule has 1 aromatic heterocycles. The van der Waals surface area contributed by atoms with E-state index in [0.717, 1.165) is 16.5 Å². The van der Waals surface area contributed by atoms with Crippen molar-refractivity contribution >= 4 is 40.2 Å². The van der Waals surface area contributed by atoms with Crippen LogP contribution in [0.3, 0.4) is 0 Å². The van der Waals surface area contributed by atoms with Gasteiger partial charge in [-0.1, -0.05) is 29.8 Å². The van der Waals surface area contributed by atoms with Crippen LogP contribution in [0.25, 0.3) is 10.9 Å². The molecule has 3 amide bonds. The summed E-state index contributed by atoms with van der Waals surface area (Å²) in [5.41, 5.74) is 7.71. The molecule has 7 nitrogen and oxygen atoms in total. The maximum absolute atomic E-state index is 12.7. The van der Waals surface area contributed by atoms with Crippen molar-refractivity contribution in [2.24, 2.45) is 5.73 Å². The molecule has 3 rings (SSSR count). The van der Waals surface area contributed by atoms with Crippen molar-refractivity contribution in [1.29, 1.82) is 0 Å². The molecule has 1 atom stereocenters. The molecule has 1 heterocycles. The summed E-state index contributed by atoms with van der Waals surface area (Å²) in [5, 5.41) is 7.12. The van der Waals surface area contributed by atoms with E-state index in [0.29, 0.717) is 23.6 Å². The number of hydrogen-bond acceptors (Lipinski definition) is 3. The quantitative estimate of drug-likeness (QED) is 0.421. The average Bonchev–Trinajstić information content (AvgIpc) is 3.14. The third-order valence-corrected chi connectivity index (χ3v) is 5.03. The first-order valence-corrected chi connectivity index (χ1v) is 9.99. The van der Waals surface area contributed by atoms with E-state index >= 15 is 0 Å². The van der Waals surface area contributed by atoms with Gasteiger partial charge in [-0.2, -0.15) is 0 Å². The number of halogens is 1. The largest absolute Gasteiger partial charge is 0.370 e. The fourth-order valence-corrected chi connectivity index (χ4v) is 3.31. The van der Waals surface area contributed by atoms with E-state index in [9.17, 15) is 14.4 Å². The molecule has 0 aliphatic rings. The van der Waals surface area contributed by atoms with Gasteiger partial charge in [-0.25, -0.2) is 0 Å². The fourth-order valence-electron chi connectivity index (χ4n) is 3.18. The van der Waals surface area contributed by atoms with Gasteiger partial charge < -0.3 is 21.4 Å². The van der Waals surface area contributed by atoms with Crippen molar-refractivity contribution in [2.75, 3.05) is 6.54 Å². The third-order valence-electron chi connectivity index (χ3n) is 4.78. The van der Waals surface area contributed by atoms with Crippen LogP contribution in [-0.2, 0) is 16.0 Å². The van der Waals surface area contributed by atoms with E-state index in [1.807, 2.05) is 30.5 Å². The minimum atomic E-state index is -0.872. The van der Waals surface area contributed by atoms with Crippen LogP contribution < -0.4 is 16.4 Å². The third kappa shape index (κ3) is 5.61. The number of aromatic nitrogens is 1. The molecular formula is C22H23ClN4O3. The Morgan fingerprint density at radius 3 is 2.53 bits per heavy atom. The van der Waals surface area contributed by atoms with Gasteiger partial charge in [-0.15, -0.1) is 0 Å². The molecule has 0 fully saturated rings. The van der Waals surface area contributed by atoms with E-state index < -0.39 is 17.9 Å². The van der Waals surface area contributed by atoms with Crippen molar-refractivity contribution in [3.8, 4) is 0 Å². The number of fused-ring (bicyclic) bond motifs is 1. The zero-order chi connectivity index (χ0) is 21.5. The van der Waals surface area contributed by atoms with E-state index in [4.69, 9.17) is 17.3 Å². The number of H-pyrrole nitrogens is 1. The molecule has 0 bridgehead atoms. The van der Waals surface area contributed by atoms with Gasteiger partial charge >= 0.3 is 0 Å². The zero-order valence-corrected chi connectivity index (χ0v) is 17.0. The first kappa shape index (κ1) is 21.4. The van der Waals surface area contributed by atoms with Crippen molar-refractivity contribution in [3.05, 3.63) is 70.9 Å². The number of aromatic amines is 1. The van der Waals surface area contributed by atoms with Crippen molar-refractivity contribution in [3.63, 3.8) is 0 Å². The molecule has 0 saturated heterocycles. The minimum Gasteiger partial charge on any atom is -0.370 e. The molecular weight excluding hydrogens is 404 g/mol. The summed E-state index contributed by atoms with van der Waals surface area (Å²) in [7, 11) is 0. The summed E-state index contributed by atoms with van der Waals surface area (Å²) in [4.78, 5) is 39.5. The lowest BCUT2D eigenvalue weighted by Gasteiger charge is -2.18. The van der Waals surface area contributed by atoms with Crippen LogP contribution in [-0.4, -0.2) is 35.3 Å². The molecule has 2 aromatic carbocycles. The Hall–Kier alpha value is -3.32. The Bertz CT molecular complexity index is 1050. The van der Waals surface area contributed by atoms with E-state index in [1.165, 1.54) is 0 Å². The lowest BCUT2D eigenvalue weighted by molar-refractivity contribution is -0.123. The Kier molecular flexibility index (Phi) is 7.08. The second kappa shape index (κ2) is 9.93. The summed E-state index contributed by atoms with van der Waals surface area (Å²) in [6.45, 7) is 0.393. The Balaban J connectivity index is 1.60. The zero-order valence-electron chi connectivity index (χ0n) is 16.3. The molecule has 0 unspecified atom stereocenters. The predicted molar refractivity (Wildman–Crippen MR) is 116 cm³/mol. The maximum Gasteiger partial charge on any atom is 0.251 e. The molecule has 0 aliphatic carbocycles. The Morgan fingerprint density at radius 2 is 1.80 bits per heavy atom. The van der Waals surface area contributed by atoms with Gasteiger partial charge in [0.25, 0.3) is 5.91 Å². The Labute approximate surface area is 179 Å². The molecule has 0 spiro atoms. The first-order valence-electron chi connectivity index (χ1n) is 9.61. The number of amides is 3. The van der Waals surface area contributed by atoms with E-state index in [2.05, 4.69) is 15.6 Å². The van der Waals surface area contributed by atoms with Gasteiger partial charge in [-0.3, -0.25) is 14.4 Å². The van der Waals surface area contributed by atoms with Gasteiger partial charge in [0.05, 0.1) is 0 Å². The Morgan fingerprint density at radius 1 is 1.07 bits per heavy atom.